The molecule has 3 aromatic carbocycles. The molecule has 0 amide bonds. The lowest BCUT2D eigenvalue weighted by Crippen LogP contribution is -2.27. The van der Waals surface area contributed by atoms with Crippen molar-refractivity contribution in [3.05, 3.63) is 106 Å². The predicted molar refractivity (Wildman–Crippen MR) is 165 cm³/mol. The third-order valence-corrected chi connectivity index (χ3v) is 7.47. The quantitative estimate of drug-likeness (QED) is 0.0763. The normalized spacial score (nSPS) is 11.2. The average Bonchev–Trinajstić information content (AvgIpc) is 2.99. The molecule has 0 saturated heterocycles. The first-order chi connectivity index (χ1) is 20.4. The first-order valence-electron chi connectivity index (χ1n) is 14.1. The third-order valence-electron chi connectivity index (χ3n) is 7.47. The molecule has 0 bridgehead atoms. The first-order valence-corrected chi connectivity index (χ1v) is 14.1. The number of fused-ring (bicyclic) bond motifs is 2. The topological polar surface area (TPSA) is 97.1 Å². The van der Waals surface area contributed by atoms with Crippen LogP contribution in [0.15, 0.2) is 88.1 Å². The molecule has 0 aromatic heterocycles. The van der Waals surface area contributed by atoms with E-state index in [1.165, 1.54) is 18.2 Å². The number of aryl methyl sites for hydroxylation is 1. The molecule has 42 heavy (non-hydrogen) atoms. The number of benzene rings is 4. The van der Waals surface area contributed by atoms with E-state index in [0.717, 1.165) is 52.7 Å². The Labute approximate surface area is 244 Å². The van der Waals surface area contributed by atoms with Crippen LogP contribution in [0.4, 0.5) is 5.69 Å². The molecule has 3 aromatic rings. The summed E-state index contributed by atoms with van der Waals surface area (Å²) in [6.07, 6.45) is 1.84. The highest BCUT2D eigenvalue weighted by atomic mass is 16.5. The molecule has 0 atom stereocenters. The van der Waals surface area contributed by atoms with Gasteiger partial charge in [0.15, 0.2) is 11.2 Å². The molecule has 1 aliphatic heterocycles. The van der Waals surface area contributed by atoms with Gasteiger partial charge in [-0.15, -0.1) is 0 Å². The van der Waals surface area contributed by atoms with Gasteiger partial charge in [-0.25, -0.2) is 0 Å². The second-order valence-electron chi connectivity index (χ2n) is 10.3. The van der Waals surface area contributed by atoms with E-state index >= 15 is 0 Å². The van der Waals surface area contributed by atoms with Crippen LogP contribution in [0.3, 0.4) is 0 Å². The van der Waals surface area contributed by atoms with Gasteiger partial charge in [-0.3, -0.25) is 14.4 Å². The van der Waals surface area contributed by atoms with Gasteiger partial charge in [0.25, 0.3) is 0 Å². The van der Waals surface area contributed by atoms with Gasteiger partial charge < -0.3 is 19.2 Å². The smallest absolute Gasteiger partial charge is 0.182 e. The maximum atomic E-state index is 13.0. The van der Waals surface area contributed by atoms with Crippen molar-refractivity contribution in [3.8, 4) is 28.2 Å². The van der Waals surface area contributed by atoms with E-state index in [1.54, 1.807) is 30.3 Å². The Kier molecular flexibility index (Phi) is 8.79. The number of likely N-dealkylation sites (N-methyl/N-ethyl adjacent to an activating group) is 1. The van der Waals surface area contributed by atoms with E-state index in [4.69, 9.17) is 9.15 Å². The Morgan fingerprint density at radius 3 is 2.48 bits per heavy atom. The Morgan fingerprint density at radius 2 is 1.74 bits per heavy atom. The van der Waals surface area contributed by atoms with E-state index in [1.807, 2.05) is 37.3 Å². The molecule has 214 valence electrons. The van der Waals surface area contributed by atoms with Gasteiger partial charge in [0.05, 0.1) is 6.61 Å². The Hall–Kier alpha value is -4.75. The second-order valence-corrected chi connectivity index (χ2v) is 10.3. The maximum Gasteiger partial charge on any atom is 0.182 e. The molecule has 2 aliphatic rings. The standard InChI is InChI=1S/C35H33NO6/c1-3-36(26-9-6-24(22-37)7-10-26)16-18-41-17-4-5-32(40)25-8-13-29(23(2)19-25)35-30-14-11-27(38)20-33(30)42-34-21-28(39)12-15-31(34)35/h6-15,19-22,38H,3-5,16-18H2,1-2H3. The fourth-order valence-corrected chi connectivity index (χ4v) is 5.26. The number of hydrogen-bond donors (Lipinski definition) is 1. The number of carbonyl (C=O) groups is 2. The zero-order valence-corrected chi connectivity index (χ0v) is 23.8. The molecule has 1 aliphatic carbocycles. The summed E-state index contributed by atoms with van der Waals surface area (Å²) in [4.78, 5) is 38.1. The monoisotopic (exact) mass is 563 g/mol. The minimum Gasteiger partial charge on any atom is -0.508 e. The number of ketones is 1. The van der Waals surface area contributed by atoms with E-state index in [0.29, 0.717) is 48.5 Å². The van der Waals surface area contributed by atoms with Crippen molar-refractivity contribution in [2.24, 2.45) is 0 Å². The van der Waals surface area contributed by atoms with Crippen molar-refractivity contribution in [1.29, 1.82) is 0 Å². The predicted octanol–water partition coefficient (Wildman–Crippen LogP) is 6.90. The Morgan fingerprint density at radius 1 is 0.952 bits per heavy atom. The van der Waals surface area contributed by atoms with Crippen LogP contribution in [0.5, 0.6) is 5.75 Å². The molecule has 0 unspecified atom stereocenters. The van der Waals surface area contributed by atoms with Gasteiger partial charge in [0, 0.05) is 71.6 Å². The van der Waals surface area contributed by atoms with Crippen molar-refractivity contribution < 1.29 is 23.8 Å². The molecule has 0 radical (unpaired) electrons. The van der Waals surface area contributed by atoms with Gasteiger partial charge >= 0.3 is 0 Å². The minimum absolute atomic E-state index is 0.0531. The van der Waals surface area contributed by atoms with Crippen LogP contribution < -0.4 is 10.3 Å². The van der Waals surface area contributed by atoms with E-state index < -0.39 is 0 Å². The summed E-state index contributed by atoms with van der Waals surface area (Å²) in [7, 11) is 0. The van der Waals surface area contributed by atoms with Gasteiger partial charge in [-0.05, 0) is 86.0 Å². The molecule has 0 fully saturated rings. The van der Waals surface area contributed by atoms with E-state index in [9.17, 15) is 19.5 Å². The molecule has 1 N–H and O–H groups in total. The minimum atomic E-state index is -0.161. The van der Waals surface area contributed by atoms with Gasteiger partial charge in [-0.1, -0.05) is 12.1 Å². The summed E-state index contributed by atoms with van der Waals surface area (Å²) in [5.41, 5.74) is 6.16. The van der Waals surface area contributed by atoms with Crippen molar-refractivity contribution in [1.82, 2.24) is 0 Å². The highest BCUT2D eigenvalue weighted by Gasteiger charge is 2.19. The maximum absolute atomic E-state index is 13.0. The van der Waals surface area contributed by atoms with Crippen molar-refractivity contribution in [2.45, 2.75) is 26.7 Å². The zero-order valence-electron chi connectivity index (χ0n) is 23.8. The molecule has 0 saturated carbocycles. The molecule has 1 heterocycles. The summed E-state index contributed by atoms with van der Waals surface area (Å²) in [5.74, 6) is 0.565. The SMILES string of the molecule is CCN(CCOCCCC(=O)c1ccc(-c2c3ccc(=O)cc-3oc3cc(O)ccc23)c(C)c1)c1ccc(C=O)cc1. The number of aromatic hydroxyl groups is 1. The molecular formula is C35H33NO6. The lowest BCUT2D eigenvalue weighted by molar-refractivity contribution is 0.0942. The summed E-state index contributed by atoms with van der Waals surface area (Å²) in [6.45, 7) is 6.61. The van der Waals surface area contributed by atoms with Crippen LogP contribution in [-0.4, -0.2) is 43.5 Å². The molecule has 7 nitrogen and oxygen atoms in total. The lowest BCUT2D eigenvalue weighted by atomic mass is 9.89. The van der Waals surface area contributed by atoms with Crippen LogP contribution in [0.2, 0.25) is 0 Å². The largest absolute Gasteiger partial charge is 0.508 e. The summed E-state index contributed by atoms with van der Waals surface area (Å²) >= 11 is 0. The fraction of sp³-hybridized carbons (Fsp3) is 0.229. The van der Waals surface area contributed by atoms with E-state index in [-0.39, 0.29) is 17.0 Å². The summed E-state index contributed by atoms with van der Waals surface area (Å²) < 4.78 is 11.8. The molecule has 5 rings (SSSR count). The second kappa shape index (κ2) is 12.8. The zero-order chi connectivity index (χ0) is 29.6. The number of anilines is 1. The van der Waals surface area contributed by atoms with Crippen molar-refractivity contribution in [2.75, 3.05) is 31.2 Å². The number of phenolic OH excluding ortho intramolecular Hbond substituents is 1. The lowest BCUT2D eigenvalue weighted by Gasteiger charge is -2.23. The highest BCUT2D eigenvalue weighted by molar-refractivity contribution is 6.04. The van der Waals surface area contributed by atoms with Crippen LogP contribution in [0.1, 0.15) is 46.0 Å². The van der Waals surface area contributed by atoms with Crippen molar-refractivity contribution >= 4 is 28.7 Å². The number of carbonyl (C=O) groups excluding carboxylic acids is 2. The van der Waals surface area contributed by atoms with Gasteiger partial charge in [0.2, 0.25) is 0 Å². The van der Waals surface area contributed by atoms with Crippen molar-refractivity contribution in [3.63, 3.8) is 0 Å². The van der Waals surface area contributed by atoms with Gasteiger partial charge in [-0.2, -0.15) is 0 Å². The van der Waals surface area contributed by atoms with Crippen LogP contribution in [0, 0.1) is 6.92 Å². The Balaban J connectivity index is 1.22. The van der Waals surface area contributed by atoms with Gasteiger partial charge in [0.1, 0.15) is 23.4 Å². The third kappa shape index (κ3) is 6.26. The summed E-state index contributed by atoms with van der Waals surface area (Å²) in [6, 6.07) is 22.8. The average molecular weight is 564 g/mol. The number of phenols is 1. The number of nitrogens with zero attached hydrogens (tertiary/aromatic N) is 1. The number of hydrogen-bond acceptors (Lipinski definition) is 7. The molecule has 0 spiro atoms. The van der Waals surface area contributed by atoms with Crippen LogP contribution in [0.25, 0.3) is 33.4 Å². The molecular weight excluding hydrogens is 530 g/mol. The van der Waals surface area contributed by atoms with Crippen LogP contribution >= 0.6 is 0 Å². The number of ether oxygens (including phenoxy) is 1. The molecule has 7 heteroatoms. The van der Waals surface area contributed by atoms with E-state index in [2.05, 4.69) is 11.8 Å². The highest BCUT2D eigenvalue weighted by Crippen LogP contribution is 2.41. The number of Topliss-reactive ketones (excluding diaryl/α,β-unsaturated/α-hetero) is 1. The Bertz CT molecular complexity index is 1750. The summed E-state index contributed by atoms with van der Waals surface area (Å²) in [5, 5.41) is 10.8. The van der Waals surface area contributed by atoms with Crippen LogP contribution in [-0.2, 0) is 4.74 Å². The fourth-order valence-electron chi connectivity index (χ4n) is 5.26. The first kappa shape index (κ1) is 28.8. The number of rotatable bonds is 12. The number of aldehydes is 1.